The Hall–Kier alpha value is -4.71. The number of anilines is 1. The number of carbonyl (C=O) groups excluding carboxylic acids is 2. The summed E-state index contributed by atoms with van der Waals surface area (Å²) in [6.07, 6.45) is 0.686. The summed E-state index contributed by atoms with van der Waals surface area (Å²) in [5.74, 6) is -2.72. The maximum Gasteiger partial charge on any atom is 0.307 e. The molecule has 5 rings (SSSR count). The molecule has 1 saturated heterocycles. The van der Waals surface area contributed by atoms with Crippen LogP contribution in [0.5, 0.6) is 0 Å². The van der Waals surface area contributed by atoms with Crippen LogP contribution in [0.25, 0.3) is 16.5 Å². The van der Waals surface area contributed by atoms with Crippen molar-refractivity contribution >= 4 is 39.9 Å². The van der Waals surface area contributed by atoms with E-state index in [9.17, 15) is 19.5 Å². The van der Waals surface area contributed by atoms with Gasteiger partial charge in [-0.25, -0.2) is 0 Å². The maximum atomic E-state index is 13.4. The number of hydrogen-bond donors (Lipinski definition) is 2. The number of aryl methyl sites for hydroxylation is 1. The smallest absolute Gasteiger partial charge is 0.307 e. The van der Waals surface area contributed by atoms with Gasteiger partial charge in [-0.2, -0.15) is 0 Å². The standard InChI is InChI=1S/C31H25NO5/c1-2-19-7-11-22(12-8-19)28-27(29(35)24-14-13-21-5-3-4-6-23(21)18-24)30(36)31(37)32(28)25-15-9-20(10-16-25)17-26(33)34/h3-16,18,28,35H,2,17H2,1H3,(H,33,34)/b29-27-. The van der Waals surface area contributed by atoms with Crippen molar-refractivity contribution in [3.05, 3.63) is 119 Å². The molecule has 1 heterocycles. The lowest BCUT2D eigenvalue weighted by Gasteiger charge is -2.26. The van der Waals surface area contributed by atoms with E-state index in [4.69, 9.17) is 5.11 Å². The van der Waals surface area contributed by atoms with E-state index in [0.29, 0.717) is 22.4 Å². The molecule has 6 heteroatoms. The van der Waals surface area contributed by atoms with Crippen LogP contribution in [0.2, 0.25) is 0 Å². The fourth-order valence-electron chi connectivity index (χ4n) is 4.79. The number of nitrogens with zero attached hydrogens (tertiary/aromatic N) is 1. The lowest BCUT2D eigenvalue weighted by Crippen LogP contribution is -2.29. The Morgan fingerprint density at radius 2 is 1.46 bits per heavy atom. The van der Waals surface area contributed by atoms with E-state index < -0.39 is 23.7 Å². The number of fused-ring (bicyclic) bond motifs is 1. The van der Waals surface area contributed by atoms with E-state index in [1.807, 2.05) is 61.5 Å². The largest absolute Gasteiger partial charge is 0.507 e. The van der Waals surface area contributed by atoms with Crippen LogP contribution < -0.4 is 4.90 Å². The molecule has 1 unspecified atom stereocenters. The topological polar surface area (TPSA) is 94.9 Å². The number of carboxylic acids is 1. The minimum Gasteiger partial charge on any atom is -0.507 e. The Morgan fingerprint density at radius 1 is 0.811 bits per heavy atom. The molecule has 0 aliphatic carbocycles. The zero-order chi connectivity index (χ0) is 26.1. The quantitative estimate of drug-likeness (QED) is 0.206. The van der Waals surface area contributed by atoms with Crippen molar-refractivity contribution in [2.45, 2.75) is 25.8 Å². The number of hydrogen-bond acceptors (Lipinski definition) is 4. The van der Waals surface area contributed by atoms with Crippen molar-refractivity contribution in [3.63, 3.8) is 0 Å². The van der Waals surface area contributed by atoms with Crippen LogP contribution in [0.3, 0.4) is 0 Å². The molecule has 184 valence electrons. The second-order valence-corrected chi connectivity index (χ2v) is 9.06. The van der Waals surface area contributed by atoms with Gasteiger partial charge in [-0.05, 0) is 52.1 Å². The molecule has 1 amide bonds. The Kier molecular flexibility index (Phi) is 6.32. The Labute approximate surface area is 214 Å². The van der Waals surface area contributed by atoms with E-state index in [1.165, 1.54) is 4.90 Å². The molecule has 1 aliphatic heterocycles. The SMILES string of the molecule is CCc1ccc(C2/C(=C(/O)c3ccc4ccccc4c3)C(=O)C(=O)N2c2ccc(CC(=O)O)cc2)cc1. The van der Waals surface area contributed by atoms with Crippen LogP contribution in [-0.4, -0.2) is 27.9 Å². The van der Waals surface area contributed by atoms with Gasteiger partial charge in [-0.1, -0.05) is 79.7 Å². The van der Waals surface area contributed by atoms with Crippen molar-refractivity contribution in [3.8, 4) is 0 Å². The van der Waals surface area contributed by atoms with Crippen molar-refractivity contribution in [2.75, 3.05) is 4.90 Å². The lowest BCUT2D eigenvalue weighted by molar-refractivity contribution is -0.136. The molecule has 0 radical (unpaired) electrons. The van der Waals surface area contributed by atoms with Crippen LogP contribution in [0.4, 0.5) is 5.69 Å². The predicted octanol–water partition coefficient (Wildman–Crippen LogP) is 5.66. The third-order valence-electron chi connectivity index (χ3n) is 6.74. The van der Waals surface area contributed by atoms with Gasteiger partial charge in [0.25, 0.3) is 11.7 Å². The molecule has 1 aliphatic rings. The number of carbonyl (C=O) groups is 3. The Balaban J connectivity index is 1.66. The van der Waals surface area contributed by atoms with E-state index in [-0.39, 0.29) is 17.8 Å². The third kappa shape index (κ3) is 4.49. The highest BCUT2D eigenvalue weighted by molar-refractivity contribution is 6.51. The third-order valence-corrected chi connectivity index (χ3v) is 6.74. The second-order valence-electron chi connectivity index (χ2n) is 9.06. The van der Waals surface area contributed by atoms with Gasteiger partial charge in [-0.3, -0.25) is 19.3 Å². The fourth-order valence-corrected chi connectivity index (χ4v) is 4.79. The molecule has 2 N–H and O–H groups in total. The summed E-state index contributed by atoms with van der Waals surface area (Å²) in [4.78, 5) is 39.2. The molecule has 4 aromatic carbocycles. The number of aliphatic hydroxyl groups is 1. The summed E-state index contributed by atoms with van der Waals surface area (Å²) >= 11 is 0. The van der Waals surface area contributed by atoms with Gasteiger partial charge in [-0.15, -0.1) is 0 Å². The summed E-state index contributed by atoms with van der Waals surface area (Å²) in [6.45, 7) is 2.04. The first kappa shape index (κ1) is 24.0. The van der Waals surface area contributed by atoms with Gasteiger partial charge in [0.15, 0.2) is 0 Å². The van der Waals surface area contributed by atoms with Crippen molar-refractivity contribution < 1.29 is 24.6 Å². The molecule has 0 bridgehead atoms. The summed E-state index contributed by atoms with van der Waals surface area (Å²) in [5.41, 5.74) is 3.27. The monoisotopic (exact) mass is 491 g/mol. The van der Waals surface area contributed by atoms with Crippen LogP contribution in [0.15, 0.2) is 96.6 Å². The molecule has 0 aromatic heterocycles. The first-order valence-corrected chi connectivity index (χ1v) is 12.1. The molecule has 37 heavy (non-hydrogen) atoms. The number of benzene rings is 4. The lowest BCUT2D eigenvalue weighted by atomic mass is 9.93. The van der Waals surface area contributed by atoms with Crippen molar-refractivity contribution in [1.82, 2.24) is 0 Å². The zero-order valence-electron chi connectivity index (χ0n) is 20.2. The van der Waals surface area contributed by atoms with Crippen LogP contribution in [0.1, 0.15) is 35.2 Å². The van der Waals surface area contributed by atoms with Crippen LogP contribution in [-0.2, 0) is 27.2 Å². The average Bonchev–Trinajstić information content (AvgIpc) is 3.18. The number of aliphatic carboxylic acids is 1. The zero-order valence-corrected chi connectivity index (χ0v) is 20.2. The van der Waals surface area contributed by atoms with Gasteiger partial charge in [0.05, 0.1) is 18.0 Å². The van der Waals surface area contributed by atoms with Crippen LogP contribution in [0, 0.1) is 0 Å². The molecule has 6 nitrogen and oxygen atoms in total. The molecule has 4 aromatic rings. The highest BCUT2D eigenvalue weighted by Crippen LogP contribution is 2.42. The Morgan fingerprint density at radius 3 is 2.11 bits per heavy atom. The molecule has 1 fully saturated rings. The molecule has 1 atom stereocenters. The maximum absolute atomic E-state index is 13.4. The number of carboxylic acid groups (broad SMARTS) is 1. The highest BCUT2D eigenvalue weighted by Gasteiger charge is 2.47. The number of Topliss-reactive ketones (excluding diaryl/α,β-unsaturated/α-hetero) is 1. The van der Waals surface area contributed by atoms with Gasteiger partial charge in [0.1, 0.15) is 5.76 Å². The Bertz CT molecular complexity index is 1550. The first-order valence-electron chi connectivity index (χ1n) is 12.1. The van der Waals surface area contributed by atoms with E-state index in [2.05, 4.69) is 0 Å². The summed E-state index contributed by atoms with van der Waals surface area (Å²) in [7, 11) is 0. The van der Waals surface area contributed by atoms with Gasteiger partial charge >= 0.3 is 5.97 Å². The molecular formula is C31H25NO5. The number of ketones is 1. The fraction of sp³-hybridized carbons (Fsp3) is 0.129. The van der Waals surface area contributed by atoms with E-state index in [1.54, 1.807) is 36.4 Å². The second kappa shape index (κ2) is 9.74. The molecular weight excluding hydrogens is 466 g/mol. The van der Waals surface area contributed by atoms with Gasteiger partial charge < -0.3 is 10.2 Å². The highest BCUT2D eigenvalue weighted by atomic mass is 16.4. The van der Waals surface area contributed by atoms with Crippen LogP contribution >= 0.6 is 0 Å². The van der Waals surface area contributed by atoms with Crippen molar-refractivity contribution in [1.29, 1.82) is 0 Å². The summed E-state index contributed by atoms with van der Waals surface area (Å²) in [6, 6.07) is 26.4. The first-order chi connectivity index (χ1) is 17.9. The van der Waals surface area contributed by atoms with Crippen molar-refractivity contribution in [2.24, 2.45) is 0 Å². The summed E-state index contributed by atoms with van der Waals surface area (Å²) in [5, 5.41) is 22.4. The summed E-state index contributed by atoms with van der Waals surface area (Å²) < 4.78 is 0. The number of amides is 1. The van der Waals surface area contributed by atoms with E-state index in [0.717, 1.165) is 22.8 Å². The minimum absolute atomic E-state index is 0.0131. The number of rotatable bonds is 6. The molecule has 0 spiro atoms. The predicted molar refractivity (Wildman–Crippen MR) is 142 cm³/mol. The van der Waals surface area contributed by atoms with Gasteiger partial charge in [0.2, 0.25) is 0 Å². The normalized spacial score (nSPS) is 16.9. The van der Waals surface area contributed by atoms with Gasteiger partial charge in [0, 0.05) is 11.3 Å². The molecule has 0 saturated carbocycles. The number of aliphatic hydroxyl groups excluding tert-OH is 1. The van der Waals surface area contributed by atoms with E-state index >= 15 is 0 Å². The minimum atomic E-state index is -0.959. The average molecular weight is 492 g/mol.